The van der Waals surface area contributed by atoms with E-state index in [1.54, 1.807) is 7.05 Å². The summed E-state index contributed by atoms with van der Waals surface area (Å²) < 4.78 is 5.61. The third kappa shape index (κ3) is 3.64. The fraction of sp³-hybridized carbons (Fsp3) is 0.900. The third-order valence-corrected chi connectivity index (χ3v) is 2.66. The van der Waals surface area contributed by atoms with Crippen molar-refractivity contribution in [3.05, 3.63) is 0 Å². The number of amides is 1. The number of rotatable bonds is 5. The molecule has 1 aliphatic carbocycles. The van der Waals surface area contributed by atoms with Crippen molar-refractivity contribution in [2.24, 2.45) is 5.73 Å². The van der Waals surface area contributed by atoms with Gasteiger partial charge in [-0.15, -0.1) is 0 Å². The Labute approximate surface area is 85.2 Å². The lowest BCUT2D eigenvalue weighted by Crippen LogP contribution is -2.31. The van der Waals surface area contributed by atoms with Crippen LogP contribution in [0.1, 0.15) is 32.1 Å². The maximum Gasteiger partial charge on any atom is 0.219 e. The summed E-state index contributed by atoms with van der Waals surface area (Å²) in [5, 5.41) is 2.58. The standard InChI is InChI=1S/C10H20N2O2/c1-12-10(13)6-3-7-14-9-5-2-4-8(9)11/h8-9H,2-7,11H2,1H3,(H,12,13). The second-order valence-electron chi connectivity index (χ2n) is 3.78. The summed E-state index contributed by atoms with van der Waals surface area (Å²) in [6, 6.07) is 0.204. The van der Waals surface area contributed by atoms with Gasteiger partial charge in [-0.05, 0) is 25.7 Å². The van der Waals surface area contributed by atoms with Crippen molar-refractivity contribution in [2.45, 2.75) is 44.2 Å². The summed E-state index contributed by atoms with van der Waals surface area (Å²) in [6.45, 7) is 0.645. The monoisotopic (exact) mass is 200 g/mol. The van der Waals surface area contributed by atoms with Crippen molar-refractivity contribution in [1.82, 2.24) is 5.32 Å². The summed E-state index contributed by atoms with van der Waals surface area (Å²) in [4.78, 5) is 10.9. The van der Waals surface area contributed by atoms with Crippen LogP contribution < -0.4 is 11.1 Å². The van der Waals surface area contributed by atoms with Gasteiger partial charge in [-0.25, -0.2) is 0 Å². The molecular weight excluding hydrogens is 180 g/mol. The van der Waals surface area contributed by atoms with Crippen LogP contribution in [0.2, 0.25) is 0 Å². The first kappa shape index (κ1) is 11.5. The second kappa shape index (κ2) is 5.98. The molecule has 14 heavy (non-hydrogen) atoms. The predicted molar refractivity (Wildman–Crippen MR) is 54.9 cm³/mol. The molecular formula is C10H20N2O2. The molecule has 1 amide bonds. The fourth-order valence-electron chi connectivity index (χ4n) is 1.75. The van der Waals surface area contributed by atoms with E-state index < -0.39 is 0 Å². The molecule has 4 heteroatoms. The van der Waals surface area contributed by atoms with Crippen molar-refractivity contribution in [1.29, 1.82) is 0 Å². The van der Waals surface area contributed by atoms with Crippen LogP contribution in [0.25, 0.3) is 0 Å². The van der Waals surface area contributed by atoms with Crippen molar-refractivity contribution < 1.29 is 9.53 Å². The second-order valence-corrected chi connectivity index (χ2v) is 3.78. The van der Waals surface area contributed by atoms with Crippen molar-refractivity contribution in [3.63, 3.8) is 0 Å². The average Bonchev–Trinajstić information content (AvgIpc) is 2.58. The minimum atomic E-state index is 0.0734. The summed E-state index contributed by atoms with van der Waals surface area (Å²) in [5.41, 5.74) is 5.84. The van der Waals surface area contributed by atoms with Gasteiger partial charge in [-0.1, -0.05) is 0 Å². The minimum absolute atomic E-state index is 0.0734. The van der Waals surface area contributed by atoms with Gasteiger partial charge in [0.05, 0.1) is 6.10 Å². The van der Waals surface area contributed by atoms with E-state index in [9.17, 15) is 4.79 Å². The largest absolute Gasteiger partial charge is 0.377 e. The lowest BCUT2D eigenvalue weighted by molar-refractivity contribution is -0.121. The molecule has 2 atom stereocenters. The number of ether oxygens (including phenoxy) is 1. The maximum atomic E-state index is 10.9. The van der Waals surface area contributed by atoms with Gasteiger partial charge in [0.15, 0.2) is 0 Å². The molecule has 0 aliphatic heterocycles. The topological polar surface area (TPSA) is 64.3 Å². The van der Waals surface area contributed by atoms with Crippen LogP contribution in [0, 0.1) is 0 Å². The number of carbonyl (C=O) groups is 1. The SMILES string of the molecule is CNC(=O)CCCOC1CCCC1N. The highest BCUT2D eigenvalue weighted by Gasteiger charge is 2.23. The van der Waals surface area contributed by atoms with E-state index in [-0.39, 0.29) is 18.1 Å². The Balaban J connectivity index is 2.01. The maximum absolute atomic E-state index is 10.9. The molecule has 0 bridgehead atoms. The molecule has 2 unspecified atom stereocenters. The molecule has 0 aromatic rings. The number of hydrogen-bond donors (Lipinski definition) is 2. The van der Waals surface area contributed by atoms with Crippen LogP contribution in [-0.4, -0.2) is 31.7 Å². The first-order valence-corrected chi connectivity index (χ1v) is 5.32. The van der Waals surface area contributed by atoms with E-state index in [1.807, 2.05) is 0 Å². The number of hydrogen-bond acceptors (Lipinski definition) is 3. The number of carbonyl (C=O) groups excluding carboxylic acids is 1. The van der Waals surface area contributed by atoms with Crippen LogP contribution in [0.15, 0.2) is 0 Å². The highest BCUT2D eigenvalue weighted by molar-refractivity contribution is 5.75. The average molecular weight is 200 g/mol. The zero-order chi connectivity index (χ0) is 10.4. The molecule has 0 aromatic heterocycles. The van der Waals surface area contributed by atoms with Crippen LogP contribution in [0.3, 0.4) is 0 Å². The van der Waals surface area contributed by atoms with Crippen LogP contribution in [-0.2, 0) is 9.53 Å². The Hall–Kier alpha value is -0.610. The van der Waals surface area contributed by atoms with E-state index in [4.69, 9.17) is 10.5 Å². The van der Waals surface area contributed by atoms with E-state index in [2.05, 4.69) is 5.32 Å². The van der Waals surface area contributed by atoms with E-state index in [0.717, 1.165) is 19.3 Å². The zero-order valence-corrected chi connectivity index (χ0v) is 8.79. The summed E-state index contributed by atoms with van der Waals surface area (Å²) in [5.74, 6) is 0.0734. The molecule has 1 rings (SSSR count). The Morgan fingerprint density at radius 2 is 2.36 bits per heavy atom. The van der Waals surface area contributed by atoms with Gasteiger partial charge in [0.25, 0.3) is 0 Å². The third-order valence-electron chi connectivity index (χ3n) is 2.66. The first-order valence-electron chi connectivity index (χ1n) is 5.32. The Morgan fingerprint density at radius 1 is 1.57 bits per heavy atom. The normalized spacial score (nSPS) is 26.4. The summed E-state index contributed by atoms with van der Waals surface area (Å²) >= 11 is 0. The lowest BCUT2D eigenvalue weighted by Gasteiger charge is -2.15. The van der Waals surface area contributed by atoms with Crippen LogP contribution >= 0.6 is 0 Å². The molecule has 0 spiro atoms. The van der Waals surface area contributed by atoms with Gasteiger partial charge >= 0.3 is 0 Å². The Bertz CT molecular complexity index is 185. The molecule has 1 saturated carbocycles. The highest BCUT2D eigenvalue weighted by atomic mass is 16.5. The molecule has 0 aromatic carbocycles. The fourth-order valence-corrected chi connectivity index (χ4v) is 1.75. The van der Waals surface area contributed by atoms with Gasteiger partial charge in [0.2, 0.25) is 5.91 Å². The molecule has 82 valence electrons. The predicted octanol–water partition coefficient (Wildman–Crippen LogP) is 0.409. The van der Waals surface area contributed by atoms with E-state index >= 15 is 0 Å². The Morgan fingerprint density at radius 3 is 2.93 bits per heavy atom. The molecule has 0 saturated heterocycles. The van der Waals surface area contributed by atoms with Crippen LogP contribution in [0.5, 0.6) is 0 Å². The van der Waals surface area contributed by atoms with E-state index in [1.165, 1.54) is 6.42 Å². The molecule has 4 nitrogen and oxygen atoms in total. The molecule has 0 radical (unpaired) electrons. The Kier molecular flexibility index (Phi) is 4.90. The quantitative estimate of drug-likeness (QED) is 0.632. The van der Waals surface area contributed by atoms with Gasteiger partial charge in [-0.2, -0.15) is 0 Å². The molecule has 3 N–H and O–H groups in total. The van der Waals surface area contributed by atoms with Crippen LogP contribution in [0.4, 0.5) is 0 Å². The zero-order valence-electron chi connectivity index (χ0n) is 8.79. The first-order chi connectivity index (χ1) is 6.74. The highest BCUT2D eigenvalue weighted by Crippen LogP contribution is 2.20. The number of nitrogens with one attached hydrogen (secondary N) is 1. The summed E-state index contributed by atoms with van der Waals surface area (Å²) in [7, 11) is 1.65. The van der Waals surface area contributed by atoms with Gasteiger partial charge < -0.3 is 15.8 Å². The van der Waals surface area contributed by atoms with Crippen molar-refractivity contribution in [3.8, 4) is 0 Å². The molecule has 1 aliphatic rings. The minimum Gasteiger partial charge on any atom is -0.377 e. The summed E-state index contributed by atoms with van der Waals surface area (Å²) in [6.07, 6.45) is 4.85. The van der Waals surface area contributed by atoms with Crippen molar-refractivity contribution >= 4 is 5.91 Å². The smallest absolute Gasteiger partial charge is 0.219 e. The van der Waals surface area contributed by atoms with Gasteiger partial charge in [0, 0.05) is 26.1 Å². The van der Waals surface area contributed by atoms with E-state index in [0.29, 0.717) is 13.0 Å². The molecule has 0 heterocycles. The van der Waals surface area contributed by atoms with Gasteiger partial charge in [-0.3, -0.25) is 4.79 Å². The number of nitrogens with two attached hydrogens (primary N) is 1. The van der Waals surface area contributed by atoms with Crippen molar-refractivity contribution in [2.75, 3.05) is 13.7 Å². The lowest BCUT2D eigenvalue weighted by atomic mass is 10.2. The molecule has 1 fully saturated rings. The van der Waals surface area contributed by atoms with Gasteiger partial charge in [0.1, 0.15) is 0 Å².